The van der Waals surface area contributed by atoms with Crippen LogP contribution in [0, 0.1) is 5.92 Å². The lowest BCUT2D eigenvalue weighted by Crippen LogP contribution is -2.36. The third-order valence-electron chi connectivity index (χ3n) is 4.38. The van der Waals surface area contributed by atoms with Crippen molar-refractivity contribution in [3.05, 3.63) is 35.4 Å². The lowest BCUT2D eigenvalue weighted by molar-refractivity contribution is -0.141. The first kappa shape index (κ1) is 20.6. The largest absolute Gasteiger partial charge is 0.469 e. The quantitative estimate of drug-likeness (QED) is 0.513. The summed E-state index contributed by atoms with van der Waals surface area (Å²) in [6, 6.07) is 6.88. The van der Waals surface area contributed by atoms with E-state index in [1.807, 2.05) is 13.8 Å². The number of carbonyl (C=O) groups excluding carboxylic acids is 4. The molecule has 0 aliphatic carbocycles. The summed E-state index contributed by atoms with van der Waals surface area (Å²) in [4.78, 5) is 50.5. The Kier molecular flexibility index (Phi) is 7.10. The third-order valence-corrected chi connectivity index (χ3v) is 4.38. The molecular formula is C20H26N2O5. The molecule has 0 N–H and O–H groups in total. The Balaban J connectivity index is 2.05. The summed E-state index contributed by atoms with van der Waals surface area (Å²) in [5, 5.41) is 0. The number of esters is 1. The maximum Gasteiger partial charge on any atom is 0.307 e. The summed E-state index contributed by atoms with van der Waals surface area (Å²) in [5.41, 5.74) is 1.29. The Bertz CT molecular complexity index is 696. The first-order chi connectivity index (χ1) is 12.8. The highest BCUT2D eigenvalue weighted by Gasteiger charge is 2.28. The van der Waals surface area contributed by atoms with E-state index in [4.69, 9.17) is 0 Å². The Morgan fingerprint density at radius 2 is 1.70 bits per heavy atom. The van der Waals surface area contributed by atoms with Crippen molar-refractivity contribution < 1.29 is 23.9 Å². The average molecular weight is 374 g/mol. The Morgan fingerprint density at radius 1 is 1.11 bits per heavy atom. The molecule has 1 heterocycles. The van der Waals surface area contributed by atoms with Crippen LogP contribution in [0.15, 0.2) is 24.3 Å². The zero-order valence-electron chi connectivity index (χ0n) is 16.1. The first-order valence-corrected chi connectivity index (χ1v) is 9.10. The molecule has 146 valence electrons. The number of methoxy groups -OCH3 is 1. The highest BCUT2D eigenvalue weighted by atomic mass is 16.5. The number of nitrogens with zero attached hydrogens (tertiary/aromatic N) is 2. The standard InChI is InChI=1S/C20H26N2O5/c1-14(2)12-21(11-10-19(25)27-3)20(26)16-6-4-15(5-7-16)13-22-17(23)8-9-18(22)24/h4-7,14H,8-13H2,1-3H3. The van der Waals surface area contributed by atoms with Gasteiger partial charge in [-0.25, -0.2) is 0 Å². The molecule has 1 aliphatic rings. The van der Waals surface area contributed by atoms with Gasteiger partial charge in [0.1, 0.15) is 0 Å². The lowest BCUT2D eigenvalue weighted by atomic mass is 10.1. The van der Waals surface area contributed by atoms with Gasteiger partial charge in [-0.3, -0.25) is 24.1 Å². The van der Waals surface area contributed by atoms with Gasteiger partial charge in [-0.05, 0) is 23.6 Å². The summed E-state index contributed by atoms with van der Waals surface area (Å²) in [7, 11) is 1.32. The van der Waals surface area contributed by atoms with Gasteiger partial charge < -0.3 is 9.64 Å². The Labute approximate surface area is 159 Å². The van der Waals surface area contributed by atoms with E-state index in [0.29, 0.717) is 18.7 Å². The van der Waals surface area contributed by atoms with E-state index in [0.717, 1.165) is 5.56 Å². The first-order valence-electron chi connectivity index (χ1n) is 9.10. The zero-order chi connectivity index (χ0) is 20.0. The molecule has 0 atom stereocenters. The van der Waals surface area contributed by atoms with Crippen molar-refractivity contribution >= 4 is 23.7 Å². The minimum Gasteiger partial charge on any atom is -0.469 e. The van der Waals surface area contributed by atoms with Gasteiger partial charge in [-0.15, -0.1) is 0 Å². The molecule has 1 aliphatic heterocycles. The normalized spacial score (nSPS) is 14.0. The van der Waals surface area contributed by atoms with Gasteiger partial charge in [0.25, 0.3) is 5.91 Å². The van der Waals surface area contributed by atoms with E-state index in [2.05, 4.69) is 4.74 Å². The predicted molar refractivity (Wildman–Crippen MR) is 98.6 cm³/mol. The van der Waals surface area contributed by atoms with Crippen LogP contribution in [0.2, 0.25) is 0 Å². The van der Waals surface area contributed by atoms with Crippen molar-refractivity contribution in [1.29, 1.82) is 0 Å². The number of carbonyl (C=O) groups is 4. The van der Waals surface area contributed by atoms with E-state index >= 15 is 0 Å². The van der Waals surface area contributed by atoms with Gasteiger partial charge in [-0.2, -0.15) is 0 Å². The topological polar surface area (TPSA) is 84.0 Å². The van der Waals surface area contributed by atoms with Crippen molar-refractivity contribution in [3.63, 3.8) is 0 Å². The molecule has 7 nitrogen and oxygen atoms in total. The lowest BCUT2D eigenvalue weighted by Gasteiger charge is -2.24. The number of likely N-dealkylation sites (tertiary alicyclic amines) is 1. The van der Waals surface area contributed by atoms with E-state index in [1.165, 1.54) is 12.0 Å². The van der Waals surface area contributed by atoms with Crippen molar-refractivity contribution in [1.82, 2.24) is 9.80 Å². The molecule has 1 aromatic rings. The van der Waals surface area contributed by atoms with Gasteiger partial charge in [0.2, 0.25) is 11.8 Å². The fourth-order valence-corrected chi connectivity index (χ4v) is 2.96. The van der Waals surface area contributed by atoms with Crippen molar-refractivity contribution in [3.8, 4) is 0 Å². The predicted octanol–water partition coefficient (Wildman–Crippen LogP) is 2.00. The number of ether oxygens (including phenoxy) is 1. The maximum absolute atomic E-state index is 12.8. The summed E-state index contributed by atoms with van der Waals surface area (Å²) in [5.74, 6) is -0.575. The maximum atomic E-state index is 12.8. The van der Waals surface area contributed by atoms with Crippen LogP contribution in [0.3, 0.4) is 0 Å². The van der Waals surface area contributed by atoms with Gasteiger partial charge >= 0.3 is 5.97 Å². The molecule has 7 heteroatoms. The number of benzene rings is 1. The van der Waals surface area contributed by atoms with Crippen molar-refractivity contribution in [2.45, 2.75) is 39.7 Å². The molecule has 1 aromatic carbocycles. The zero-order valence-corrected chi connectivity index (χ0v) is 16.1. The van der Waals surface area contributed by atoms with Crippen LogP contribution >= 0.6 is 0 Å². The van der Waals surface area contributed by atoms with Gasteiger partial charge in [0, 0.05) is 31.5 Å². The average Bonchev–Trinajstić information content (AvgIpc) is 2.96. The number of rotatable bonds is 8. The molecular weight excluding hydrogens is 348 g/mol. The third kappa shape index (κ3) is 5.64. The molecule has 2 rings (SSSR count). The van der Waals surface area contributed by atoms with Crippen molar-refractivity contribution in [2.24, 2.45) is 5.92 Å². The smallest absolute Gasteiger partial charge is 0.307 e. The summed E-state index contributed by atoms with van der Waals surface area (Å²) in [6.07, 6.45) is 0.672. The van der Waals surface area contributed by atoms with Gasteiger partial charge in [-0.1, -0.05) is 26.0 Å². The van der Waals surface area contributed by atoms with Crippen LogP contribution in [0.1, 0.15) is 49.0 Å². The van der Waals surface area contributed by atoms with Crippen LogP contribution in [0.25, 0.3) is 0 Å². The monoisotopic (exact) mass is 374 g/mol. The van der Waals surface area contributed by atoms with Crippen LogP contribution in [0.5, 0.6) is 0 Å². The number of hydrogen-bond donors (Lipinski definition) is 0. The molecule has 0 radical (unpaired) electrons. The van der Waals surface area contributed by atoms with E-state index in [-0.39, 0.29) is 55.4 Å². The summed E-state index contributed by atoms with van der Waals surface area (Å²) in [6.45, 7) is 5.07. The van der Waals surface area contributed by atoms with Gasteiger partial charge in [0.15, 0.2) is 0 Å². The van der Waals surface area contributed by atoms with Crippen LogP contribution < -0.4 is 0 Å². The van der Waals surface area contributed by atoms with E-state index in [1.54, 1.807) is 29.2 Å². The molecule has 0 spiro atoms. The van der Waals surface area contributed by atoms with Crippen LogP contribution in [-0.4, -0.2) is 53.7 Å². The number of amides is 3. The molecule has 27 heavy (non-hydrogen) atoms. The second-order valence-corrected chi connectivity index (χ2v) is 7.04. The Morgan fingerprint density at radius 3 is 2.22 bits per heavy atom. The second kappa shape index (κ2) is 9.30. The molecule has 1 fully saturated rings. The number of imide groups is 1. The summed E-state index contributed by atoms with van der Waals surface area (Å²) >= 11 is 0. The van der Waals surface area contributed by atoms with Gasteiger partial charge in [0.05, 0.1) is 20.1 Å². The van der Waals surface area contributed by atoms with E-state index in [9.17, 15) is 19.2 Å². The van der Waals surface area contributed by atoms with Crippen LogP contribution in [0.4, 0.5) is 0 Å². The fraction of sp³-hybridized carbons (Fsp3) is 0.500. The van der Waals surface area contributed by atoms with Crippen LogP contribution in [-0.2, 0) is 25.7 Å². The molecule has 0 aromatic heterocycles. The fourth-order valence-electron chi connectivity index (χ4n) is 2.96. The summed E-state index contributed by atoms with van der Waals surface area (Å²) < 4.78 is 4.65. The Hall–Kier alpha value is -2.70. The second-order valence-electron chi connectivity index (χ2n) is 7.04. The minimum absolute atomic E-state index is 0.145. The van der Waals surface area contributed by atoms with E-state index < -0.39 is 0 Å². The highest BCUT2D eigenvalue weighted by Crippen LogP contribution is 2.17. The molecule has 3 amide bonds. The SMILES string of the molecule is COC(=O)CCN(CC(C)C)C(=O)c1ccc(CN2C(=O)CCC2=O)cc1. The molecule has 1 saturated heterocycles. The molecule has 0 unspecified atom stereocenters. The van der Waals surface area contributed by atoms with Crippen molar-refractivity contribution in [2.75, 3.05) is 20.2 Å². The number of hydrogen-bond acceptors (Lipinski definition) is 5. The highest BCUT2D eigenvalue weighted by molar-refractivity contribution is 6.01. The molecule has 0 saturated carbocycles. The molecule has 0 bridgehead atoms. The minimum atomic E-state index is -0.355.